The van der Waals surface area contributed by atoms with E-state index in [9.17, 15) is 4.79 Å². The van der Waals surface area contributed by atoms with E-state index in [-0.39, 0.29) is 23.9 Å². The molecular weight excluding hydrogens is 272 g/mol. The van der Waals surface area contributed by atoms with E-state index in [1.807, 2.05) is 63.8 Å². The Hall–Kier alpha value is -1.06. The Labute approximate surface area is 127 Å². The van der Waals surface area contributed by atoms with Gasteiger partial charge in [0.25, 0.3) is 0 Å². The van der Waals surface area contributed by atoms with Crippen LogP contribution in [0.4, 0.5) is 0 Å². The molecule has 2 N–H and O–H groups in total. The molecule has 0 saturated heterocycles. The molecule has 0 aromatic heterocycles. The minimum Gasteiger partial charge on any atom is -0.332 e. The fourth-order valence-corrected chi connectivity index (χ4v) is 2.48. The second-order valence-electron chi connectivity index (χ2n) is 5.84. The van der Waals surface area contributed by atoms with Crippen molar-refractivity contribution in [1.29, 1.82) is 0 Å². The van der Waals surface area contributed by atoms with Crippen molar-refractivity contribution in [3.05, 3.63) is 34.9 Å². The number of halogens is 1. The molecule has 112 valence electrons. The summed E-state index contributed by atoms with van der Waals surface area (Å²) in [5.74, 6) is 0.109. The lowest BCUT2D eigenvalue weighted by atomic mass is 9.99. The summed E-state index contributed by atoms with van der Waals surface area (Å²) in [6, 6.07) is 7.18. The van der Waals surface area contributed by atoms with Gasteiger partial charge in [0.1, 0.15) is 0 Å². The van der Waals surface area contributed by atoms with Gasteiger partial charge in [-0.15, -0.1) is 0 Å². The predicted octanol–water partition coefficient (Wildman–Crippen LogP) is 3.62. The van der Waals surface area contributed by atoms with Gasteiger partial charge < -0.3 is 10.6 Å². The monoisotopic (exact) mass is 296 g/mol. The van der Waals surface area contributed by atoms with Crippen LogP contribution in [0.2, 0.25) is 5.02 Å². The Balaban J connectivity index is 3.05. The lowest BCUT2D eigenvalue weighted by Gasteiger charge is -2.36. The Bertz CT molecular complexity index is 460. The van der Waals surface area contributed by atoms with E-state index >= 15 is 0 Å². The molecule has 0 bridgehead atoms. The number of nitrogens with two attached hydrogens (primary N) is 1. The molecule has 1 rings (SSSR count). The van der Waals surface area contributed by atoms with E-state index in [2.05, 4.69) is 0 Å². The lowest BCUT2D eigenvalue weighted by Crippen LogP contribution is -2.50. The van der Waals surface area contributed by atoms with Gasteiger partial charge in [0.05, 0.1) is 12.1 Å². The smallest absolute Gasteiger partial charge is 0.240 e. The molecule has 0 radical (unpaired) electrons. The van der Waals surface area contributed by atoms with Crippen molar-refractivity contribution in [3.8, 4) is 0 Å². The summed E-state index contributed by atoms with van der Waals surface area (Å²) >= 11 is 6.04. The van der Waals surface area contributed by atoms with Crippen LogP contribution in [0.25, 0.3) is 0 Å². The summed E-state index contributed by atoms with van der Waals surface area (Å²) in [5, 5.41) is 0.679. The zero-order valence-electron chi connectivity index (χ0n) is 12.9. The number of carbonyl (C=O) groups excluding carboxylic acids is 1. The topological polar surface area (TPSA) is 46.3 Å². The molecule has 3 nitrogen and oxygen atoms in total. The van der Waals surface area contributed by atoms with E-state index in [1.54, 1.807) is 0 Å². The van der Waals surface area contributed by atoms with E-state index in [0.29, 0.717) is 5.02 Å². The van der Waals surface area contributed by atoms with Crippen molar-refractivity contribution in [1.82, 2.24) is 4.90 Å². The van der Waals surface area contributed by atoms with Gasteiger partial charge in [-0.3, -0.25) is 4.79 Å². The predicted molar refractivity (Wildman–Crippen MR) is 84.7 cm³/mol. The lowest BCUT2D eigenvalue weighted by molar-refractivity contribution is -0.137. The van der Waals surface area contributed by atoms with Crippen LogP contribution in [0, 0.1) is 5.92 Å². The number of benzene rings is 1. The van der Waals surface area contributed by atoms with Gasteiger partial charge in [-0.2, -0.15) is 0 Å². The van der Waals surface area contributed by atoms with E-state index < -0.39 is 6.04 Å². The summed E-state index contributed by atoms with van der Waals surface area (Å²) in [7, 11) is 0. The summed E-state index contributed by atoms with van der Waals surface area (Å²) in [6.45, 7) is 9.95. The standard InChI is InChI=1S/C16H25ClN2O/c1-10(2)15(18)16(20)19(11(3)4)12(5)13-7-6-8-14(17)9-13/h6-12,15H,18H2,1-5H3/t12?,15-/m0/s1. The molecule has 0 spiro atoms. The highest BCUT2D eigenvalue weighted by Gasteiger charge is 2.29. The first-order valence-corrected chi connectivity index (χ1v) is 7.46. The molecule has 0 aliphatic carbocycles. The maximum absolute atomic E-state index is 12.6. The summed E-state index contributed by atoms with van der Waals surface area (Å²) in [4.78, 5) is 14.4. The minimum absolute atomic E-state index is 0.0116. The normalized spacial score (nSPS) is 14.4. The van der Waals surface area contributed by atoms with Gasteiger partial charge in [0.15, 0.2) is 0 Å². The van der Waals surface area contributed by atoms with Crippen LogP contribution in [0.5, 0.6) is 0 Å². The number of nitrogens with zero attached hydrogens (tertiary/aromatic N) is 1. The molecule has 0 aliphatic rings. The Morgan fingerprint density at radius 2 is 1.80 bits per heavy atom. The van der Waals surface area contributed by atoms with Crippen molar-refractivity contribution < 1.29 is 4.79 Å². The van der Waals surface area contributed by atoms with Crippen molar-refractivity contribution in [2.45, 2.75) is 52.7 Å². The fraction of sp³-hybridized carbons (Fsp3) is 0.562. The zero-order chi connectivity index (χ0) is 15.4. The molecule has 20 heavy (non-hydrogen) atoms. The number of carbonyl (C=O) groups is 1. The van der Waals surface area contributed by atoms with Crippen LogP contribution in [-0.4, -0.2) is 22.9 Å². The molecule has 1 unspecified atom stereocenters. The van der Waals surface area contributed by atoms with E-state index in [0.717, 1.165) is 5.56 Å². The number of hydrogen-bond donors (Lipinski definition) is 1. The first-order chi connectivity index (χ1) is 9.25. The molecule has 2 atom stereocenters. The molecule has 1 aromatic carbocycles. The van der Waals surface area contributed by atoms with E-state index in [1.165, 1.54) is 0 Å². The summed E-state index contributed by atoms with van der Waals surface area (Å²) < 4.78 is 0. The summed E-state index contributed by atoms with van der Waals surface area (Å²) in [6.07, 6.45) is 0. The van der Waals surface area contributed by atoms with Crippen LogP contribution in [0.3, 0.4) is 0 Å². The molecule has 4 heteroatoms. The Kier molecular flexibility index (Phi) is 6.03. The zero-order valence-corrected chi connectivity index (χ0v) is 13.7. The fourth-order valence-electron chi connectivity index (χ4n) is 2.28. The Morgan fingerprint density at radius 1 is 1.20 bits per heavy atom. The highest BCUT2D eigenvalue weighted by molar-refractivity contribution is 6.30. The minimum atomic E-state index is -0.473. The third-order valence-corrected chi connectivity index (χ3v) is 3.80. The highest BCUT2D eigenvalue weighted by Crippen LogP contribution is 2.26. The van der Waals surface area contributed by atoms with Gasteiger partial charge in [0.2, 0.25) is 5.91 Å². The van der Waals surface area contributed by atoms with Gasteiger partial charge >= 0.3 is 0 Å². The average molecular weight is 297 g/mol. The van der Waals surface area contributed by atoms with Crippen LogP contribution < -0.4 is 5.73 Å². The second-order valence-corrected chi connectivity index (χ2v) is 6.28. The third kappa shape index (κ3) is 3.97. The largest absolute Gasteiger partial charge is 0.332 e. The maximum atomic E-state index is 12.6. The number of rotatable bonds is 5. The Morgan fingerprint density at radius 3 is 2.25 bits per heavy atom. The van der Waals surface area contributed by atoms with Crippen LogP contribution in [0.1, 0.15) is 46.2 Å². The van der Waals surface area contributed by atoms with Gasteiger partial charge in [-0.1, -0.05) is 37.6 Å². The average Bonchev–Trinajstić information content (AvgIpc) is 2.37. The van der Waals surface area contributed by atoms with Crippen molar-refractivity contribution >= 4 is 17.5 Å². The first kappa shape index (κ1) is 17.0. The molecule has 0 heterocycles. The molecule has 0 fully saturated rings. The molecule has 0 aliphatic heterocycles. The molecule has 1 amide bonds. The van der Waals surface area contributed by atoms with Crippen molar-refractivity contribution in [3.63, 3.8) is 0 Å². The summed E-state index contributed by atoms with van der Waals surface area (Å²) in [5.41, 5.74) is 7.05. The first-order valence-electron chi connectivity index (χ1n) is 7.09. The van der Waals surface area contributed by atoms with Gasteiger partial charge in [-0.25, -0.2) is 0 Å². The van der Waals surface area contributed by atoms with Gasteiger partial charge in [-0.05, 0) is 44.4 Å². The van der Waals surface area contributed by atoms with Crippen molar-refractivity contribution in [2.24, 2.45) is 11.7 Å². The molecule has 1 aromatic rings. The SMILES string of the molecule is CC(C)[C@H](N)C(=O)N(C(C)C)C(C)c1cccc(Cl)c1. The maximum Gasteiger partial charge on any atom is 0.240 e. The molecular formula is C16H25ClN2O. The third-order valence-electron chi connectivity index (χ3n) is 3.56. The van der Waals surface area contributed by atoms with Crippen LogP contribution in [0.15, 0.2) is 24.3 Å². The van der Waals surface area contributed by atoms with Crippen LogP contribution >= 0.6 is 11.6 Å². The van der Waals surface area contributed by atoms with Crippen molar-refractivity contribution in [2.75, 3.05) is 0 Å². The molecule has 0 saturated carbocycles. The number of hydrogen-bond acceptors (Lipinski definition) is 2. The second kappa shape index (κ2) is 7.09. The van der Waals surface area contributed by atoms with Crippen LogP contribution in [-0.2, 0) is 4.79 Å². The number of amides is 1. The highest BCUT2D eigenvalue weighted by atomic mass is 35.5. The van der Waals surface area contributed by atoms with Gasteiger partial charge in [0, 0.05) is 11.1 Å². The quantitative estimate of drug-likeness (QED) is 0.902. The van der Waals surface area contributed by atoms with E-state index in [4.69, 9.17) is 17.3 Å².